The van der Waals surface area contributed by atoms with Crippen LogP contribution in [-0.2, 0) is 23.0 Å². The lowest BCUT2D eigenvalue weighted by Gasteiger charge is -2.30. The van der Waals surface area contributed by atoms with Gasteiger partial charge in [0.2, 0.25) is 10.0 Å². The van der Waals surface area contributed by atoms with Crippen LogP contribution in [0.4, 0.5) is 0 Å². The first-order chi connectivity index (χ1) is 11.9. The van der Waals surface area contributed by atoms with Crippen molar-refractivity contribution in [2.24, 2.45) is 0 Å². The highest BCUT2D eigenvalue weighted by molar-refractivity contribution is 7.89. The standard InChI is InChI=1S/C18H18ClNO4S/c1-12-2-3-15(10-16(12)19)25(21,22)20-5-4-13-8-17-18(9-14(13)11-20)24-7-6-23-17/h2-3,8-10H,4-7,11H2,1H3. The number of benzene rings is 2. The lowest BCUT2D eigenvalue weighted by atomic mass is 10.00. The fourth-order valence-electron chi connectivity index (χ4n) is 3.16. The van der Waals surface area contributed by atoms with E-state index in [2.05, 4.69) is 0 Å². The van der Waals surface area contributed by atoms with Crippen molar-refractivity contribution in [1.29, 1.82) is 0 Å². The van der Waals surface area contributed by atoms with Gasteiger partial charge in [-0.25, -0.2) is 8.42 Å². The summed E-state index contributed by atoms with van der Waals surface area (Å²) in [5.74, 6) is 1.43. The molecule has 0 bridgehead atoms. The number of hydrogen-bond acceptors (Lipinski definition) is 4. The molecule has 0 spiro atoms. The Morgan fingerprint density at radius 2 is 1.72 bits per heavy atom. The Bertz CT molecular complexity index is 942. The predicted molar refractivity (Wildman–Crippen MR) is 94.9 cm³/mol. The van der Waals surface area contributed by atoms with E-state index >= 15 is 0 Å². The summed E-state index contributed by atoms with van der Waals surface area (Å²) in [4.78, 5) is 0.226. The van der Waals surface area contributed by atoms with Crippen LogP contribution in [0, 0.1) is 6.92 Å². The molecule has 0 fully saturated rings. The van der Waals surface area contributed by atoms with Crippen molar-refractivity contribution in [3.8, 4) is 11.5 Å². The SMILES string of the molecule is Cc1ccc(S(=O)(=O)N2CCc3cc4c(cc3C2)OCCO4)cc1Cl. The van der Waals surface area contributed by atoms with Crippen molar-refractivity contribution in [3.63, 3.8) is 0 Å². The lowest BCUT2D eigenvalue weighted by Crippen LogP contribution is -2.36. The molecule has 0 saturated heterocycles. The third kappa shape index (κ3) is 2.99. The first-order valence-electron chi connectivity index (χ1n) is 8.13. The molecule has 4 rings (SSSR count). The molecule has 0 aromatic heterocycles. The summed E-state index contributed by atoms with van der Waals surface area (Å²) in [6.45, 7) is 3.65. The molecule has 0 unspecified atom stereocenters. The minimum absolute atomic E-state index is 0.226. The highest BCUT2D eigenvalue weighted by Gasteiger charge is 2.30. The number of hydrogen-bond donors (Lipinski definition) is 0. The molecule has 0 amide bonds. The fourth-order valence-corrected chi connectivity index (χ4v) is 4.85. The number of aryl methyl sites for hydroxylation is 1. The molecule has 0 aliphatic carbocycles. The van der Waals surface area contributed by atoms with Gasteiger partial charge in [0.25, 0.3) is 0 Å². The smallest absolute Gasteiger partial charge is 0.243 e. The molecule has 2 aliphatic rings. The van der Waals surface area contributed by atoms with Crippen LogP contribution in [0.25, 0.3) is 0 Å². The average molecular weight is 380 g/mol. The molecular formula is C18H18ClNO4S. The van der Waals surface area contributed by atoms with Crippen LogP contribution in [0.15, 0.2) is 35.2 Å². The van der Waals surface area contributed by atoms with E-state index in [1.807, 2.05) is 19.1 Å². The Labute approximate surface area is 152 Å². The molecule has 2 aromatic carbocycles. The predicted octanol–water partition coefficient (Wildman–Crippen LogP) is 3.17. The monoisotopic (exact) mass is 379 g/mol. The molecular weight excluding hydrogens is 362 g/mol. The normalized spacial score (nSPS) is 17.2. The van der Waals surface area contributed by atoms with Gasteiger partial charge in [0.1, 0.15) is 13.2 Å². The van der Waals surface area contributed by atoms with Crippen molar-refractivity contribution in [3.05, 3.63) is 52.0 Å². The van der Waals surface area contributed by atoms with E-state index in [1.54, 1.807) is 12.1 Å². The van der Waals surface area contributed by atoms with Crippen LogP contribution in [0.2, 0.25) is 5.02 Å². The maximum atomic E-state index is 13.0. The molecule has 2 aromatic rings. The average Bonchev–Trinajstić information content (AvgIpc) is 2.61. The van der Waals surface area contributed by atoms with Gasteiger partial charge in [0, 0.05) is 18.1 Å². The van der Waals surface area contributed by atoms with E-state index < -0.39 is 10.0 Å². The molecule has 2 heterocycles. The van der Waals surface area contributed by atoms with Crippen LogP contribution in [0.1, 0.15) is 16.7 Å². The first kappa shape index (κ1) is 16.7. The highest BCUT2D eigenvalue weighted by atomic mass is 35.5. The topological polar surface area (TPSA) is 55.8 Å². The second-order valence-electron chi connectivity index (χ2n) is 6.26. The summed E-state index contributed by atoms with van der Waals surface area (Å²) >= 11 is 6.11. The van der Waals surface area contributed by atoms with Crippen molar-refractivity contribution in [2.75, 3.05) is 19.8 Å². The minimum Gasteiger partial charge on any atom is -0.486 e. The van der Waals surface area contributed by atoms with E-state index in [1.165, 1.54) is 10.4 Å². The highest BCUT2D eigenvalue weighted by Crippen LogP contribution is 2.36. The molecule has 5 nitrogen and oxygen atoms in total. The zero-order valence-corrected chi connectivity index (χ0v) is 15.4. The zero-order valence-electron chi connectivity index (χ0n) is 13.8. The van der Waals surface area contributed by atoms with Gasteiger partial charge in [-0.05, 0) is 54.3 Å². The van der Waals surface area contributed by atoms with Gasteiger partial charge in [-0.1, -0.05) is 17.7 Å². The van der Waals surface area contributed by atoms with Crippen molar-refractivity contribution in [1.82, 2.24) is 4.31 Å². The largest absolute Gasteiger partial charge is 0.486 e. The van der Waals surface area contributed by atoms with Crippen molar-refractivity contribution >= 4 is 21.6 Å². The molecule has 0 radical (unpaired) electrons. The van der Waals surface area contributed by atoms with E-state index in [9.17, 15) is 8.42 Å². The Hall–Kier alpha value is -1.76. The van der Waals surface area contributed by atoms with Crippen LogP contribution in [-0.4, -0.2) is 32.5 Å². The van der Waals surface area contributed by atoms with Gasteiger partial charge in [-0.15, -0.1) is 0 Å². The second-order valence-corrected chi connectivity index (χ2v) is 8.61. The number of nitrogens with zero attached hydrogens (tertiary/aromatic N) is 1. The van der Waals surface area contributed by atoms with Crippen molar-refractivity contribution in [2.45, 2.75) is 24.8 Å². The van der Waals surface area contributed by atoms with Crippen LogP contribution < -0.4 is 9.47 Å². The molecule has 7 heteroatoms. The maximum absolute atomic E-state index is 13.0. The molecule has 0 saturated carbocycles. The summed E-state index contributed by atoms with van der Waals surface area (Å²) in [6.07, 6.45) is 0.644. The zero-order chi connectivity index (χ0) is 17.6. The number of fused-ring (bicyclic) bond motifs is 2. The van der Waals surface area contributed by atoms with Gasteiger partial charge in [-0.2, -0.15) is 4.31 Å². The third-order valence-corrected chi connectivity index (χ3v) is 6.87. The molecule has 132 valence electrons. The Morgan fingerprint density at radius 1 is 1.04 bits per heavy atom. The summed E-state index contributed by atoms with van der Waals surface area (Å²) in [6, 6.07) is 8.72. The summed E-state index contributed by atoms with van der Waals surface area (Å²) < 4.78 is 38.6. The van der Waals surface area contributed by atoms with Crippen LogP contribution in [0.5, 0.6) is 11.5 Å². The van der Waals surface area contributed by atoms with Gasteiger partial charge in [0.15, 0.2) is 11.5 Å². The van der Waals surface area contributed by atoms with Crippen LogP contribution >= 0.6 is 11.6 Å². The van der Waals surface area contributed by atoms with Crippen molar-refractivity contribution < 1.29 is 17.9 Å². The number of sulfonamides is 1. The van der Waals surface area contributed by atoms with Gasteiger partial charge in [-0.3, -0.25) is 0 Å². The summed E-state index contributed by atoms with van der Waals surface area (Å²) in [7, 11) is -3.59. The fraction of sp³-hybridized carbons (Fsp3) is 0.333. The Kier molecular flexibility index (Phi) is 4.14. The van der Waals surface area contributed by atoms with E-state index in [0.29, 0.717) is 43.5 Å². The number of halogens is 1. The van der Waals surface area contributed by atoms with Gasteiger partial charge >= 0.3 is 0 Å². The Balaban J connectivity index is 1.66. The van der Waals surface area contributed by atoms with Crippen LogP contribution in [0.3, 0.4) is 0 Å². The summed E-state index contributed by atoms with van der Waals surface area (Å²) in [5, 5.41) is 0.457. The first-order valence-corrected chi connectivity index (χ1v) is 9.94. The second kappa shape index (κ2) is 6.20. The molecule has 0 atom stereocenters. The van der Waals surface area contributed by atoms with E-state index in [4.69, 9.17) is 21.1 Å². The van der Waals surface area contributed by atoms with E-state index in [-0.39, 0.29) is 4.90 Å². The quantitative estimate of drug-likeness (QED) is 0.804. The summed E-state index contributed by atoms with van der Waals surface area (Å²) in [5.41, 5.74) is 2.92. The number of rotatable bonds is 2. The molecule has 2 aliphatic heterocycles. The Morgan fingerprint density at radius 3 is 2.40 bits per heavy atom. The molecule has 25 heavy (non-hydrogen) atoms. The molecule has 0 N–H and O–H groups in total. The van der Waals surface area contributed by atoms with Gasteiger partial charge in [0.05, 0.1) is 4.90 Å². The lowest BCUT2D eigenvalue weighted by molar-refractivity contribution is 0.171. The minimum atomic E-state index is -3.59. The van der Waals surface area contributed by atoms with E-state index in [0.717, 1.165) is 22.4 Å². The maximum Gasteiger partial charge on any atom is 0.243 e. The third-order valence-electron chi connectivity index (χ3n) is 4.62. The van der Waals surface area contributed by atoms with Gasteiger partial charge < -0.3 is 9.47 Å². The number of ether oxygens (including phenoxy) is 2.